The van der Waals surface area contributed by atoms with E-state index in [4.69, 9.17) is 9.84 Å². The largest absolute Gasteiger partial charge is 0.394 e. The average Bonchev–Trinajstić information content (AvgIpc) is 2.65. The minimum Gasteiger partial charge on any atom is -0.394 e. The van der Waals surface area contributed by atoms with Gasteiger partial charge in [-0.05, 0) is 0 Å². The lowest BCUT2D eigenvalue weighted by Gasteiger charge is -2.14. The van der Waals surface area contributed by atoms with Crippen molar-refractivity contribution in [2.75, 3.05) is 6.61 Å². The van der Waals surface area contributed by atoms with Crippen LogP contribution in [-0.4, -0.2) is 38.6 Å². The lowest BCUT2D eigenvalue weighted by molar-refractivity contribution is -0.0448. The Balaban J connectivity index is 0.00000180. The number of H-pyrrole nitrogens is 1. The molecular formula is C11H15FN2O5. The van der Waals surface area contributed by atoms with Crippen LogP contribution in [0.3, 0.4) is 0 Å². The van der Waals surface area contributed by atoms with E-state index in [2.05, 4.69) is 0 Å². The van der Waals surface area contributed by atoms with Crippen molar-refractivity contribution in [2.45, 2.75) is 25.9 Å². The van der Waals surface area contributed by atoms with Crippen LogP contribution in [0.25, 0.3) is 0 Å². The third kappa shape index (κ3) is 2.65. The van der Waals surface area contributed by atoms with E-state index in [1.54, 1.807) is 0 Å². The maximum Gasteiger partial charge on any atom is 0.330 e. The predicted octanol–water partition coefficient (Wildman–Crippen LogP) is -0.723. The summed E-state index contributed by atoms with van der Waals surface area (Å²) in [6, 6.07) is 1.07. The van der Waals surface area contributed by atoms with Crippen LogP contribution in [0.1, 0.15) is 13.7 Å². The molecule has 0 amide bonds. The molecule has 0 aromatic carbocycles. The summed E-state index contributed by atoms with van der Waals surface area (Å²) in [5.41, 5.74) is -1.58. The first-order valence-corrected chi connectivity index (χ1v) is 5.14. The van der Waals surface area contributed by atoms with Gasteiger partial charge in [-0.15, -0.1) is 0 Å². The summed E-state index contributed by atoms with van der Waals surface area (Å²) in [6.45, 7) is -0.521. The zero-order valence-corrected chi connectivity index (χ0v) is 9.12. The van der Waals surface area contributed by atoms with Gasteiger partial charge in [0, 0.05) is 17.8 Å². The summed E-state index contributed by atoms with van der Waals surface area (Å²) >= 11 is 0. The normalized spacial score (nSPS) is 28.4. The Kier molecular flexibility index (Phi) is 4.76. The van der Waals surface area contributed by atoms with Gasteiger partial charge < -0.3 is 14.9 Å². The Morgan fingerprint density at radius 1 is 1.53 bits per heavy atom. The van der Waals surface area contributed by atoms with Crippen molar-refractivity contribution in [1.82, 2.24) is 9.55 Å². The first-order valence-electron chi connectivity index (χ1n) is 5.14. The van der Waals surface area contributed by atoms with Crippen LogP contribution >= 0.6 is 0 Å². The third-order valence-electron chi connectivity index (χ3n) is 2.69. The van der Waals surface area contributed by atoms with Crippen molar-refractivity contribution in [3.05, 3.63) is 45.0 Å². The Bertz CT molecular complexity index is 579. The summed E-state index contributed by atoms with van der Waals surface area (Å²) in [5, 5.41) is 18.6. The molecule has 3 N–H and O–H groups in total. The fourth-order valence-corrected chi connectivity index (χ4v) is 1.78. The second-order valence-electron chi connectivity index (χ2n) is 3.78. The number of halogens is 1. The number of hydrogen-bond acceptors (Lipinski definition) is 5. The Morgan fingerprint density at radius 2 is 2.21 bits per heavy atom. The molecule has 2 heterocycles. The van der Waals surface area contributed by atoms with E-state index < -0.39 is 36.3 Å². The molecule has 1 saturated heterocycles. The highest BCUT2D eigenvalue weighted by molar-refractivity contribution is 5.16. The first kappa shape index (κ1) is 15.3. The van der Waals surface area contributed by atoms with E-state index in [-0.39, 0.29) is 19.3 Å². The molecule has 1 aromatic heterocycles. The predicted molar refractivity (Wildman–Crippen MR) is 64.2 cm³/mol. The molecule has 1 aliphatic heterocycles. The zero-order valence-electron chi connectivity index (χ0n) is 9.12. The van der Waals surface area contributed by atoms with Gasteiger partial charge in [-0.2, -0.15) is 0 Å². The monoisotopic (exact) mass is 274 g/mol. The Hall–Kier alpha value is -1.77. The number of ether oxygens (including phenoxy) is 1. The minimum atomic E-state index is -1.34. The summed E-state index contributed by atoms with van der Waals surface area (Å²) in [4.78, 5) is 24.4. The van der Waals surface area contributed by atoms with E-state index in [0.717, 1.165) is 16.8 Å². The average molecular weight is 274 g/mol. The van der Waals surface area contributed by atoms with Crippen LogP contribution in [0.5, 0.6) is 0 Å². The Labute approximate surface area is 107 Å². The van der Waals surface area contributed by atoms with Gasteiger partial charge in [-0.3, -0.25) is 14.3 Å². The molecule has 106 valence electrons. The molecule has 0 radical (unpaired) electrons. The van der Waals surface area contributed by atoms with Crippen LogP contribution < -0.4 is 11.2 Å². The number of aromatic amines is 1. The van der Waals surface area contributed by atoms with E-state index in [1.165, 1.54) is 0 Å². The first-order chi connectivity index (χ1) is 8.58. The number of nitrogens with zero attached hydrogens (tertiary/aromatic N) is 1. The van der Waals surface area contributed by atoms with Crippen LogP contribution in [-0.2, 0) is 4.74 Å². The van der Waals surface area contributed by atoms with Crippen molar-refractivity contribution in [3.63, 3.8) is 0 Å². The number of aliphatic hydroxyl groups excluding tert-OH is 2. The molecule has 0 unspecified atom stereocenters. The minimum absolute atomic E-state index is 0. The van der Waals surface area contributed by atoms with E-state index in [1.807, 2.05) is 4.98 Å². The molecule has 2 rings (SSSR count). The number of aliphatic hydroxyl groups is 2. The second kappa shape index (κ2) is 5.91. The highest BCUT2D eigenvalue weighted by atomic mass is 19.1. The number of hydrogen-bond donors (Lipinski definition) is 3. The molecule has 0 bridgehead atoms. The van der Waals surface area contributed by atoms with Crippen LogP contribution in [0.15, 0.2) is 33.8 Å². The van der Waals surface area contributed by atoms with Gasteiger partial charge in [0.1, 0.15) is 12.2 Å². The van der Waals surface area contributed by atoms with Gasteiger partial charge in [-0.25, -0.2) is 9.18 Å². The van der Waals surface area contributed by atoms with Crippen molar-refractivity contribution in [1.29, 1.82) is 0 Å². The summed E-state index contributed by atoms with van der Waals surface area (Å²) < 4.78 is 18.8. The van der Waals surface area contributed by atoms with Gasteiger partial charge in [-0.1, -0.05) is 7.43 Å². The zero-order chi connectivity index (χ0) is 13.3. The van der Waals surface area contributed by atoms with Gasteiger partial charge in [0.05, 0.1) is 12.9 Å². The molecule has 1 aromatic rings. The molecule has 0 spiro atoms. The highest BCUT2D eigenvalue weighted by Gasteiger charge is 2.40. The maximum atomic E-state index is 12.7. The van der Waals surface area contributed by atoms with E-state index >= 15 is 0 Å². The highest BCUT2D eigenvalue weighted by Crippen LogP contribution is 2.33. The maximum absolute atomic E-state index is 12.7. The third-order valence-corrected chi connectivity index (χ3v) is 2.69. The van der Waals surface area contributed by atoms with Gasteiger partial charge in [0.15, 0.2) is 6.23 Å². The van der Waals surface area contributed by atoms with Crippen molar-refractivity contribution in [3.8, 4) is 0 Å². The molecule has 8 heteroatoms. The molecule has 1 aliphatic rings. The smallest absolute Gasteiger partial charge is 0.330 e. The van der Waals surface area contributed by atoms with Crippen LogP contribution in [0.2, 0.25) is 0 Å². The lowest BCUT2D eigenvalue weighted by Crippen LogP contribution is -2.32. The van der Waals surface area contributed by atoms with Gasteiger partial charge in [0.25, 0.3) is 5.56 Å². The van der Waals surface area contributed by atoms with Crippen molar-refractivity contribution >= 4 is 0 Å². The van der Waals surface area contributed by atoms with Crippen molar-refractivity contribution < 1.29 is 19.3 Å². The quantitative estimate of drug-likeness (QED) is 0.660. The van der Waals surface area contributed by atoms with E-state index in [0.29, 0.717) is 0 Å². The SMILES string of the molecule is C.O=c1ccn([C@@H]2O[C@H](CO)[C@@H](O)/C2=C\F)c(=O)[nH]1. The lowest BCUT2D eigenvalue weighted by atomic mass is 10.1. The summed E-state index contributed by atoms with van der Waals surface area (Å²) in [7, 11) is 0. The van der Waals surface area contributed by atoms with Crippen LogP contribution in [0.4, 0.5) is 4.39 Å². The summed E-state index contributed by atoms with van der Waals surface area (Å²) in [6.07, 6.45) is -2.30. The number of aromatic nitrogens is 2. The standard InChI is InChI=1S/C10H11FN2O5.CH4/c11-3-5-8(16)6(4-14)18-9(5)13-2-1-7(15)12-10(13)17;/h1-3,6,8-9,14,16H,4H2,(H,12,15,17);1H4/b5-3+;/t6-,8+,9-;/m1./s1. The molecule has 19 heavy (non-hydrogen) atoms. The van der Waals surface area contributed by atoms with Crippen molar-refractivity contribution in [2.24, 2.45) is 0 Å². The summed E-state index contributed by atoms with van der Waals surface area (Å²) in [5.74, 6) is 0. The fourth-order valence-electron chi connectivity index (χ4n) is 1.78. The van der Waals surface area contributed by atoms with Gasteiger partial charge >= 0.3 is 5.69 Å². The fraction of sp³-hybridized carbons (Fsp3) is 0.455. The molecule has 0 aliphatic carbocycles. The van der Waals surface area contributed by atoms with Gasteiger partial charge in [0.2, 0.25) is 0 Å². The Morgan fingerprint density at radius 3 is 2.74 bits per heavy atom. The molecule has 3 atom stereocenters. The van der Waals surface area contributed by atoms with Crippen LogP contribution in [0, 0.1) is 0 Å². The van der Waals surface area contributed by atoms with E-state index in [9.17, 15) is 19.1 Å². The number of rotatable bonds is 2. The molecule has 1 fully saturated rings. The molecule has 0 saturated carbocycles. The number of nitrogens with one attached hydrogen (secondary N) is 1. The second-order valence-corrected chi connectivity index (χ2v) is 3.78. The topological polar surface area (TPSA) is 105 Å². The molecule has 7 nitrogen and oxygen atoms in total. The molecular weight excluding hydrogens is 259 g/mol.